The number of aromatic nitrogens is 1. The molecule has 0 unspecified atom stereocenters. The number of furan rings is 1. The number of ketones is 1. The Morgan fingerprint density at radius 2 is 1.61 bits per heavy atom. The first-order chi connectivity index (χ1) is 16.1. The minimum atomic E-state index is -0.240. The van der Waals surface area contributed by atoms with E-state index in [1.165, 1.54) is 11.3 Å². The molecule has 2 aromatic heterocycles. The van der Waals surface area contributed by atoms with Gasteiger partial charge in [-0.2, -0.15) is 0 Å². The van der Waals surface area contributed by atoms with Crippen LogP contribution < -0.4 is 4.90 Å². The molecule has 0 N–H and O–H groups in total. The number of amides is 1. The van der Waals surface area contributed by atoms with Gasteiger partial charge in [-0.25, -0.2) is 4.98 Å². The minimum absolute atomic E-state index is 0.0925. The van der Waals surface area contributed by atoms with Crippen LogP contribution in [0.4, 0.5) is 5.13 Å². The highest BCUT2D eigenvalue weighted by molar-refractivity contribution is 7.22. The van der Waals surface area contributed by atoms with Crippen LogP contribution >= 0.6 is 22.9 Å². The van der Waals surface area contributed by atoms with Crippen molar-refractivity contribution in [2.75, 3.05) is 4.90 Å². The number of halogens is 1. The number of hydrogen-bond donors (Lipinski definition) is 0. The molecule has 0 saturated carbocycles. The van der Waals surface area contributed by atoms with Crippen molar-refractivity contribution in [3.05, 3.63) is 119 Å². The van der Waals surface area contributed by atoms with Crippen molar-refractivity contribution in [3.63, 3.8) is 0 Å². The molecule has 0 spiro atoms. The van der Waals surface area contributed by atoms with Crippen molar-refractivity contribution in [1.29, 1.82) is 0 Å². The van der Waals surface area contributed by atoms with Gasteiger partial charge in [0.05, 0.1) is 23.0 Å². The largest absolute Gasteiger partial charge is 0.467 e. The maximum absolute atomic E-state index is 13.5. The summed E-state index contributed by atoms with van der Waals surface area (Å²) >= 11 is 7.50. The molecular formula is C26H17ClN2O3S. The van der Waals surface area contributed by atoms with E-state index in [0.717, 1.165) is 10.2 Å². The summed E-state index contributed by atoms with van der Waals surface area (Å²) < 4.78 is 6.37. The van der Waals surface area contributed by atoms with Gasteiger partial charge in [-0.3, -0.25) is 14.5 Å². The summed E-state index contributed by atoms with van der Waals surface area (Å²) in [6.07, 6.45) is 1.57. The fraction of sp³-hybridized carbons (Fsp3) is 0.0385. The summed E-state index contributed by atoms with van der Waals surface area (Å²) in [7, 11) is 0. The number of hydrogen-bond acceptors (Lipinski definition) is 5. The van der Waals surface area contributed by atoms with E-state index < -0.39 is 0 Å². The average molecular weight is 473 g/mol. The SMILES string of the molecule is O=C(c1ccccc1)c1ccc(C(=O)N(Cc2ccco2)c2nc3ccc(Cl)cc3s2)cc1. The number of carbonyl (C=O) groups is 2. The Kier molecular flexibility index (Phi) is 5.77. The summed E-state index contributed by atoms with van der Waals surface area (Å²) in [4.78, 5) is 32.4. The molecular weight excluding hydrogens is 456 g/mol. The van der Waals surface area contributed by atoms with E-state index in [1.54, 1.807) is 59.7 Å². The highest BCUT2D eigenvalue weighted by Gasteiger charge is 2.23. The zero-order valence-electron chi connectivity index (χ0n) is 17.3. The lowest BCUT2D eigenvalue weighted by Crippen LogP contribution is -2.30. The van der Waals surface area contributed by atoms with E-state index >= 15 is 0 Å². The van der Waals surface area contributed by atoms with Gasteiger partial charge in [0.25, 0.3) is 5.91 Å². The highest BCUT2D eigenvalue weighted by Crippen LogP contribution is 2.32. The molecule has 0 aliphatic rings. The van der Waals surface area contributed by atoms with E-state index in [1.807, 2.05) is 36.4 Å². The van der Waals surface area contributed by atoms with Gasteiger partial charge in [0.1, 0.15) is 5.76 Å². The number of nitrogens with zero attached hydrogens (tertiary/aromatic N) is 2. The van der Waals surface area contributed by atoms with Crippen molar-refractivity contribution in [2.45, 2.75) is 6.54 Å². The molecule has 162 valence electrons. The molecule has 0 fully saturated rings. The van der Waals surface area contributed by atoms with Gasteiger partial charge in [0, 0.05) is 21.7 Å². The van der Waals surface area contributed by atoms with Gasteiger partial charge >= 0.3 is 0 Å². The first-order valence-corrected chi connectivity index (χ1v) is 11.4. The van der Waals surface area contributed by atoms with Crippen molar-refractivity contribution in [1.82, 2.24) is 4.98 Å². The van der Waals surface area contributed by atoms with Crippen LogP contribution in [-0.2, 0) is 6.54 Å². The number of benzene rings is 3. The molecule has 0 atom stereocenters. The van der Waals surface area contributed by atoms with Crippen LogP contribution in [0.1, 0.15) is 32.0 Å². The van der Waals surface area contributed by atoms with Crippen LogP contribution in [0.2, 0.25) is 5.02 Å². The van der Waals surface area contributed by atoms with Crippen LogP contribution in [0.15, 0.2) is 95.6 Å². The first-order valence-electron chi connectivity index (χ1n) is 10.2. The lowest BCUT2D eigenvalue weighted by atomic mass is 10.0. The predicted molar refractivity (Wildman–Crippen MR) is 130 cm³/mol. The van der Waals surface area contributed by atoms with Gasteiger partial charge in [-0.1, -0.05) is 65.4 Å². The fourth-order valence-electron chi connectivity index (χ4n) is 3.46. The smallest absolute Gasteiger partial charge is 0.260 e. The van der Waals surface area contributed by atoms with Gasteiger partial charge in [-0.05, 0) is 42.5 Å². The first kappa shape index (κ1) is 21.1. The Hall–Kier alpha value is -3.74. The molecule has 0 radical (unpaired) electrons. The molecule has 2 heterocycles. The van der Waals surface area contributed by atoms with E-state index in [4.69, 9.17) is 16.0 Å². The summed E-state index contributed by atoms with van der Waals surface area (Å²) in [6, 6.07) is 24.7. The maximum atomic E-state index is 13.5. The molecule has 7 heteroatoms. The maximum Gasteiger partial charge on any atom is 0.260 e. The van der Waals surface area contributed by atoms with Crippen LogP contribution in [0.25, 0.3) is 10.2 Å². The molecule has 5 aromatic rings. The number of carbonyl (C=O) groups excluding carboxylic acids is 2. The molecule has 0 aliphatic carbocycles. The number of anilines is 1. The Morgan fingerprint density at radius 1 is 0.879 bits per heavy atom. The average Bonchev–Trinajstić information content (AvgIpc) is 3.51. The standard InChI is InChI=1S/C26H17ClN2O3S/c27-20-12-13-22-23(15-20)33-26(28-22)29(16-21-7-4-14-32-21)25(31)19-10-8-18(9-11-19)24(30)17-5-2-1-3-6-17/h1-15H,16H2. The normalized spacial score (nSPS) is 10.9. The zero-order valence-corrected chi connectivity index (χ0v) is 18.8. The number of fused-ring (bicyclic) bond motifs is 1. The third-order valence-electron chi connectivity index (χ3n) is 5.14. The van der Waals surface area contributed by atoms with Gasteiger partial charge in [0.15, 0.2) is 10.9 Å². The zero-order chi connectivity index (χ0) is 22.8. The van der Waals surface area contributed by atoms with E-state index in [2.05, 4.69) is 4.98 Å². The fourth-order valence-corrected chi connectivity index (χ4v) is 4.70. The second kappa shape index (κ2) is 9.02. The second-order valence-corrected chi connectivity index (χ2v) is 8.80. The molecule has 0 bridgehead atoms. The van der Waals surface area contributed by atoms with Crippen molar-refractivity contribution >= 4 is 50.0 Å². The van der Waals surface area contributed by atoms with E-state index in [0.29, 0.717) is 32.6 Å². The van der Waals surface area contributed by atoms with Gasteiger partial charge in [-0.15, -0.1) is 0 Å². The molecule has 5 nitrogen and oxygen atoms in total. The summed E-state index contributed by atoms with van der Waals surface area (Å²) in [5.41, 5.74) is 2.33. The van der Waals surface area contributed by atoms with E-state index in [9.17, 15) is 9.59 Å². The topological polar surface area (TPSA) is 63.4 Å². The Balaban J connectivity index is 1.47. The summed E-state index contributed by atoms with van der Waals surface area (Å²) in [5, 5.41) is 1.15. The Labute approximate surface area is 198 Å². The third kappa shape index (κ3) is 4.44. The Bertz CT molecular complexity index is 1430. The minimum Gasteiger partial charge on any atom is -0.467 e. The highest BCUT2D eigenvalue weighted by atomic mass is 35.5. The molecule has 3 aromatic carbocycles. The van der Waals surface area contributed by atoms with Crippen molar-refractivity contribution in [3.8, 4) is 0 Å². The van der Waals surface area contributed by atoms with Gasteiger partial charge < -0.3 is 4.42 Å². The summed E-state index contributed by atoms with van der Waals surface area (Å²) in [6.45, 7) is 0.226. The lowest BCUT2D eigenvalue weighted by molar-refractivity contribution is 0.0981. The van der Waals surface area contributed by atoms with Gasteiger partial charge in [0.2, 0.25) is 0 Å². The van der Waals surface area contributed by atoms with E-state index in [-0.39, 0.29) is 18.2 Å². The van der Waals surface area contributed by atoms with Crippen LogP contribution in [0, 0.1) is 0 Å². The summed E-state index contributed by atoms with van der Waals surface area (Å²) in [5.74, 6) is 0.303. The molecule has 33 heavy (non-hydrogen) atoms. The van der Waals surface area contributed by atoms with Crippen LogP contribution in [0.5, 0.6) is 0 Å². The van der Waals surface area contributed by atoms with Crippen LogP contribution in [0.3, 0.4) is 0 Å². The van der Waals surface area contributed by atoms with Crippen molar-refractivity contribution < 1.29 is 14.0 Å². The molecule has 0 saturated heterocycles. The molecule has 5 rings (SSSR count). The monoisotopic (exact) mass is 472 g/mol. The third-order valence-corrected chi connectivity index (χ3v) is 6.42. The second-order valence-electron chi connectivity index (χ2n) is 7.35. The van der Waals surface area contributed by atoms with Crippen LogP contribution in [-0.4, -0.2) is 16.7 Å². The van der Waals surface area contributed by atoms with Crippen molar-refractivity contribution in [2.24, 2.45) is 0 Å². The predicted octanol–water partition coefficient (Wildman–Crippen LogP) is 6.62. The number of rotatable bonds is 6. The number of thiazole rings is 1. The molecule has 0 aliphatic heterocycles. The lowest BCUT2D eigenvalue weighted by Gasteiger charge is -2.19. The Morgan fingerprint density at radius 3 is 2.33 bits per heavy atom. The molecule has 1 amide bonds. The quantitative estimate of drug-likeness (QED) is 0.260.